The van der Waals surface area contributed by atoms with E-state index in [0.29, 0.717) is 32.8 Å². The highest BCUT2D eigenvalue weighted by Gasteiger charge is 2.25. The van der Waals surface area contributed by atoms with Crippen molar-refractivity contribution < 1.29 is 14.3 Å². The molecular weight excluding hydrogens is 308 g/mol. The highest BCUT2D eigenvalue weighted by Crippen LogP contribution is 2.24. The standard InChI is InChI=1S/C17H22N4O3/c1-3-24-17(23)21-11-9-20(10-12-21)16(22)18-14-5-4-6-15-13(14)7-8-19(15)2/h4-8H,3,9-12H2,1-2H3,(H,18,22). The first-order valence-electron chi connectivity index (χ1n) is 8.12. The summed E-state index contributed by atoms with van der Waals surface area (Å²) < 4.78 is 7.01. The van der Waals surface area contributed by atoms with Crippen molar-refractivity contribution in [1.82, 2.24) is 14.4 Å². The van der Waals surface area contributed by atoms with Gasteiger partial charge in [0.05, 0.1) is 12.3 Å². The fourth-order valence-electron chi connectivity index (χ4n) is 2.91. The lowest BCUT2D eigenvalue weighted by molar-refractivity contribution is 0.0869. The summed E-state index contributed by atoms with van der Waals surface area (Å²) in [5.41, 5.74) is 1.87. The summed E-state index contributed by atoms with van der Waals surface area (Å²) in [7, 11) is 1.97. The van der Waals surface area contributed by atoms with Crippen LogP contribution in [0.3, 0.4) is 0 Å². The third kappa shape index (κ3) is 3.15. The predicted octanol–water partition coefficient (Wildman–Crippen LogP) is 2.48. The van der Waals surface area contributed by atoms with Gasteiger partial charge in [-0.2, -0.15) is 0 Å². The lowest BCUT2D eigenvalue weighted by Gasteiger charge is -2.34. The number of hydrogen-bond acceptors (Lipinski definition) is 3. The molecule has 1 fully saturated rings. The van der Waals surface area contributed by atoms with E-state index < -0.39 is 0 Å². The monoisotopic (exact) mass is 330 g/mol. The number of amides is 3. The Kier molecular flexibility index (Phi) is 4.59. The first-order chi connectivity index (χ1) is 11.6. The summed E-state index contributed by atoms with van der Waals surface area (Å²) in [5.74, 6) is 0. The van der Waals surface area contributed by atoms with E-state index in [-0.39, 0.29) is 12.1 Å². The molecule has 1 N–H and O–H groups in total. The Labute approximate surface area is 140 Å². The number of piperazine rings is 1. The van der Waals surface area contributed by atoms with E-state index in [1.165, 1.54) is 0 Å². The highest BCUT2D eigenvalue weighted by atomic mass is 16.6. The first-order valence-corrected chi connectivity index (χ1v) is 8.12. The molecule has 0 spiro atoms. The fourth-order valence-corrected chi connectivity index (χ4v) is 2.91. The Morgan fingerprint density at radius 1 is 1.12 bits per heavy atom. The molecule has 3 amide bonds. The van der Waals surface area contributed by atoms with Crippen LogP contribution >= 0.6 is 0 Å². The highest BCUT2D eigenvalue weighted by molar-refractivity contribution is 6.00. The number of aromatic nitrogens is 1. The summed E-state index contributed by atoms with van der Waals surface area (Å²) in [5, 5.41) is 3.99. The van der Waals surface area contributed by atoms with Gasteiger partial charge in [-0.1, -0.05) is 6.07 Å². The van der Waals surface area contributed by atoms with Gasteiger partial charge in [-0.05, 0) is 25.1 Å². The predicted molar refractivity (Wildman–Crippen MR) is 92.1 cm³/mol. The van der Waals surface area contributed by atoms with Crippen LogP contribution in [0, 0.1) is 0 Å². The fraction of sp³-hybridized carbons (Fsp3) is 0.412. The number of urea groups is 1. The van der Waals surface area contributed by atoms with E-state index in [1.807, 2.05) is 42.1 Å². The van der Waals surface area contributed by atoms with Gasteiger partial charge in [0.2, 0.25) is 0 Å². The molecule has 128 valence electrons. The smallest absolute Gasteiger partial charge is 0.409 e. The van der Waals surface area contributed by atoms with Crippen LogP contribution in [0.1, 0.15) is 6.92 Å². The maximum atomic E-state index is 12.5. The molecule has 1 saturated heterocycles. The molecule has 0 aliphatic carbocycles. The summed E-state index contributed by atoms with van der Waals surface area (Å²) in [6.45, 7) is 4.11. The normalized spacial score (nSPS) is 14.8. The lowest BCUT2D eigenvalue weighted by Crippen LogP contribution is -2.51. The molecular formula is C17H22N4O3. The van der Waals surface area contributed by atoms with Gasteiger partial charge in [0, 0.05) is 50.3 Å². The average molecular weight is 330 g/mol. The molecule has 2 heterocycles. The van der Waals surface area contributed by atoms with Crippen molar-refractivity contribution in [3.63, 3.8) is 0 Å². The van der Waals surface area contributed by atoms with Crippen molar-refractivity contribution >= 4 is 28.7 Å². The summed E-state index contributed by atoms with van der Waals surface area (Å²) in [6, 6.07) is 7.69. The topological polar surface area (TPSA) is 66.8 Å². The number of ether oxygens (including phenoxy) is 1. The second-order valence-corrected chi connectivity index (χ2v) is 5.77. The molecule has 0 saturated carbocycles. The molecule has 1 aromatic heterocycles. The van der Waals surface area contributed by atoms with Crippen LogP contribution in [-0.2, 0) is 11.8 Å². The Bertz CT molecular complexity index is 747. The van der Waals surface area contributed by atoms with Crippen molar-refractivity contribution in [3.05, 3.63) is 30.5 Å². The number of carbonyl (C=O) groups excluding carboxylic acids is 2. The second-order valence-electron chi connectivity index (χ2n) is 5.77. The number of aryl methyl sites for hydroxylation is 1. The van der Waals surface area contributed by atoms with Gasteiger partial charge < -0.3 is 24.4 Å². The van der Waals surface area contributed by atoms with Crippen LogP contribution < -0.4 is 5.32 Å². The SMILES string of the molecule is CCOC(=O)N1CCN(C(=O)Nc2cccc3c2ccn3C)CC1. The van der Waals surface area contributed by atoms with Gasteiger partial charge in [-0.15, -0.1) is 0 Å². The summed E-state index contributed by atoms with van der Waals surface area (Å²) >= 11 is 0. The molecule has 7 heteroatoms. The molecule has 3 rings (SSSR count). The minimum atomic E-state index is -0.313. The van der Waals surface area contributed by atoms with Gasteiger partial charge in [-0.25, -0.2) is 9.59 Å². The van der Waals surface area contributed by atoms with E-state index in [2.05, 4.69) is 5.32 Å². The maximum absolute atomic E-state index is 12.5. The molecule has 2 aromatic rings. The second kappa shape index (κ2) is 6.82. The Hall–Kier alpha value is -2.70. The van der Waals surface area contributed by atoms with Crippen LogP contribution in [0.15, 0.2) is 30.5 Å². The lowest BCUT2D eigenvalue weighted by atomic mass is 10.2. The molecule has 0 unspecified atom stereocenters. The maximum Gasteiger partial charge on any atom is 0.409 e. The van der Waals surface area contributed by atoms with E-state index in [9.17, 15) is 9.59 Å². The third-order valence-corrected chi connectivity index (χ3v) is 4.26. The van der Waals surface area contributed by atoms with Crippen LogP contribution in [0.2, 0.25) is 0 Å². The minimum absolute atomic E-state index is 0.144. The molecule has 1 aliphatic heterocycles. The minimum Gasteiger partial charge on any atom is -0.450 e. The molecule has 1 aliphatic rings. The molecule has 7 nitrogen and oxygen atoms in total. The van der Waals surface area contributed by atoms with E-state index in [4.69, 9.17) is 4.74 Å². The number of anilines is 1. The number of nitrogens with one attached hydrogen (secondary N) is 1. The van der Waals surface area contributed by atoms with Gasteiger partial charge in [0.15, 0.2) is 0 Å². The molecule has 0 bridgehead atoms. The van der Waals surface area contributed by atoms with Gasteiger partial charge in [-0.3, -0.25) is 0 Å². The van der Waals surface area contributed by atoms with Crippen LogP contribution in [0.5, 0.6) is 0 Å². The number of hydrogen-bond donors (Lipinski definition) is 1. The Morgan fingerprint density at radius 2 is 1.83 bits per heavy atom. The van der Waals surface area contributed by atoms with E-state index in [1.54, 1.807) is 16.7 Å². The number of fused-ring (bicyclic) bond motifs is 1. The molecule has 24 heavy (non-hydrogen) atoms. The van der Waals surface area contributed by atoms with Crippen LogP contribution in [-0.4, -0.2) is 59.3 Å². The van der Waals surface area contributed by atoms with Crippen molar-refractivity contribution in [2.75, 3.05) is 38.1 Å². The van der Waals surface area contributed by atoms with Crippen LogP contribution in [0.4, 0.5) is 15.3 Å². The zero-order chi connectivity index (χ0) is 17.1. The first kappa shape index (κ1) is 16.2. The van der Waals surface area contributed by atoms with Crippen molar-refractivity contribution in [3.8, 4) is 0 Å². The molecule has 1 aromatic carbocycles. The Balaban J connectivity index is 1.63. The largest absolute Gasteiger partial charge is 0.450 e. The average Bonchev–Trinajstić information content (AvgIpc) is 2.98. The van der Waals surface area contributed by atoms with Crippen molar-refractivity contribution in [2.45, 2.75) is 6.92 Å². The number of rotatable bonds is 2. The number of nitrogens with zero attached hydrogens (tertiary/aromatic N) is 3. The van der Waals surface area contributed by atoms with Gasteiger partial charge in [0.1, 0.15) is 0 Å². The quantitative estimate of drug-likeness (QED) is 0.920. The number of benzene rings is 1. The van der Waals surface area contributed by atoms with E-state index in [0.717, 1.165) is 16.6 Å². The summed E-state index contributed by atoms with van der Waals surface area (Å²) in [6.07, 6.45) is 1.66. The zero-order valence-corrected chi connectivity index (χ0v) is 14.0. The Morgan fingerprint density at radius 3 is 2.54 bits per heavy atom. The van der Waals surface area contributed by atoms with E-state index >= 15 is 0 Å². The summed E-state index contributed by atoms with van der Waals surface area (Å²) in [4.78, 5) is 27.5. The molecule has 0 atom stereocenters. The van der Waals surface area contributed by atoms with Gasteiger partial charge in [0.25, 0.3) is 0 Å². The van der Waals surface area contributed by atoms with Crippen LogP contribution in [0.25, 0.3) is 10.9 Å². The van der Waals surface area contributed by atoms with Gasteiger partial charge >= 0.3 is 12.1 Å². The van der Waals surface area contributed by atoms with Crippen molar-refractivity contribution in [1.29, 1.82) is 0 Å². The zero-order valence-electron chi connectivity index (χ0n) is 14.0. The van der Waals surface area contributed by atoms with Crippen molar-refractivity contribution in [2.24, 2.45) is 7.05 Å². The molecule has 0 radical (unpaired) electrons. The third-order valence-electron chi connectivity index (χ3n) is 4.26. The number of carbonyl (C=O) groups is 2.